The monoisotopic (exact) mass is 475 g/mol. The van der Waals surface area contributed by atoms with Gasteiger partial charge in [-0.05, 0) is 0 Å². The van der Waals surface area contributed by atoms with Gasteiger partial charge in [-0.1, -0.05) is 0 Å². The molecule has 3 aromatic carbocycles. The Hall–Kier alpha value is -2.21. The first-order valence-corrected chi connectivity index (χ1v) is 10.9. The molecule has 0 atom stereocenters. The van der Waals surface area contributed by atoms with Gasteiger partial charge in [0.1, 0.15) is 0 Å². The SMILES string of the molecule is COc1ccc([I-]c2ccc(C(C)(C)C)cc2)cc1Oc1ccc(O)cc1. The van der Waals surface area contributed by atoms with Gasteiger partial charge in [-0.2, -0.15) is 0 Å². The van der Waals surface area contributed by atoms with E-state index >= 15 is 0 Å². The van der Waals surface area contributed by atoms with Gasteiger partial charge in [0.25, 0.3) is 0 Å². The summed E-state index contributed by atoms with van der Waals surface area (Å²) in [5.74, 6) is 2.26. The quantitative estimate of drug-likeness (QED) is 0.577. The standard InChI is InChI=1S/C23H24IO3/c1-23(2,3)16-5-7-17(8-6-16)24-18-9-14-21(26-4)22(15-18)27-20-12-10-19(25)11-13-20/h5-15,25H,1-4H3/q-1. The van der Waals surface area contributed by atoms with Crippen LogP contribution in [0.15, 0.2) is 66.7 Å². The van der Waals surface area contributed by atoms with Crippen molar-refractivity contribution in [3.8, 4) is 23.0 Å². The summed E-state index contributed by atoms with van der Waals surface area (Å²) in [7, 11) is 1.64. The van der Waals surface area contributed by atoms with Gasteiger partial charge in [0.2, 0.25) is 0 Å². The number of phenols is 1. The third-order valence-electron chi connectivity index (χ3n) is 4.12. The molecule has 1 N–H and O–H groups in total. The second kappa shape index (κ2) is 8.21. The molecule has 0 unspecified atom stereocenters. The number of benzene rings is 3. The Bertz CT molecular complexity index is 894. The normalized spacial score (nSPS) is 11.4. The van der Waals surface area contributed by atoms with Gasteiger partial charge in [-0.15, -0.1) is 0 Å². The molecule has 0 aliphatic heterocycles. The van der Waals surface area contributed by atoms with Gasteiger partial charge in [0, 0.05) is 0 Å². The number of phenolic OH excluding ortho intramolecular Hbond substituents is 1. The van der Waals surface area contributed by atoms with Crippen molar-refractivity contribution >= 4 is 0 Å². The van der Waals surface area contributed by atoms with Crippen molar-refractivity contribution in [2.24, 2.45) is 0 Å². The summed E-state index contributed by atoms with van der Waals surface area (Å²) in [6.07, 6.45) is 0. The van der Waals surface area contributed by atoms with E-state index in [-0.39, 0.29) is 32.4 Å². The first-order chi connectivity index (χ1) is 12.8. The number of rotatable bonds is 5. The van der Waals surface area contributed by atoms with Crippen molar-refractivity contribution in [2.75, 3.05) is 7.11 Å². The Kier molecular flexibility index (Phi) is 5.95. The molecule has 0 aromatic heterocycles. The molecule has 0 aliphatic rings. The van der Waals surface area contributed by atoms with Crippen LogP contribution in [0.5, 0.6) is 23.0 Å². The topological polar surface area (TPSA) is 38.7 Å². The summed E-state index contributed by atoms with van der Waals surface area (Å²) in [6.45, 7) is 6.69. The first kappa shape index (κ1) is 19.5. The number of halogens is 1. The van der Waals surface area contributed by atoms with Gasteiger partial charge in [-0.25, -0.2) is 0 Å². The molecule has 3 nitrogen and oxygen atoms in total. The second-order valence-electron chi connectivity index (χ2n) is 7.24. The molecular formula is C23H24IO3-. The fraction of sp³-hybridized carbons (Fsp3) is 0.217. The van der Waals surface area contributed by atoms with E-state index in [0.717, 1.165) is 0 Å². The third kappa shape index (κ3) is 5.16. The third-order valence-corrected chi connectivity index (χ3v) is 6.75. The van der Waals surface area contributed by atoms with E-state index in [9.17, 15) is 5.11 Å². The maximum atomic E-state index is 9.43. The van der Waals surface area contributed by atoms with Crippen molar-refractivity contribution in [3.05, 3.63) is 79.4 Å². The Morgan fingerprint density at radius 2 is 1.41 bits per heavy atom. The maximum absolute atomic E-state index is 9.43. The fourth-order valence-corrected chi connectivity index (χ4v) is 4.81. The molecule has 0 saturated carbocycles. The number of ether oxygens (including phenoxy) is 2. The number of aromatic hydroxyl groups is 1. The van der Waals surface area contributed by atoms with Gasteiger partial charge < -0.3 is 0 Å². The van der Waals surface area contributed by atoms with Crippen molar-refractivity contribution in [1.29, 1.82) is 0 Å². The Balaban J connectivity index is 1.81. The van der Waals surface area contributed by atoms with Crippen LogP contribution >= 0.6 is 0 Å². The van der Waals surface area contributed by atoms with E-state index in [1.807, 2.05) is 6.07 Å². The molecule has 0 fully saturated rings. The Labute approximate surface area is 171 Å². The number of hydrogen-bond donors (Lipinski definition) is 1. The predicted molar refractivity (Wildman–Crippen MR) is 104 cm³/mol. The molecule has 3 rings (SSSR count). The molecular weight excluding hydrogens is 451 g/mol. The van der Waals surface area contributed by atoms with Gasteiger partial charge in [0.15, 0.2) is 0 Å². The molecule has 27 heavy (non-hydrogen) atoms. The van der Waals surface area contributed by atoms with E-state index < -0.39 is 0 Å². The molecule has 142 valence electrons. The summed E-state index contributed by atoms with van der Waals surface area (Å²) >= 11 is -0.313. The van der Waals surface area contributed by atoms with E-state index in [1.54, 1.807) is 31.4 Å². The van der Waals surface area contributed by atoms with E-state index in [1.165, 1.54) is 12.7 Å². The van der Waals surface area contributed by atoms with Crippen molar-refractivity contribution in [3.63, 3.8) is 0 Å². The van der Waals surface area contributed by atoms with Gasteiger partial charge in [-0.3, -0.25) is 0 Å². The average molecular weight is 475 g/mol. The van der Waals surface area contributed by atoms with Crippen LogP contribution in [0.2, 0.25) is 0 Å². The van der Waals surface area contributed by atoms with Crippen LogP contribution in [-0.4, -0.2) is 12.2 Å². The summed E-state index contributed by atoms with van der Waals surface area (Å²) in [6, 6.07) is 21.7. The minimum absolute atomic E-state index is 0.169. The number of hydrogen-bond acceptors (Lipinski definition) is 3. The molecule has 0 bridgehead atoms. The second-order valence-corrected chi connectivity index (χ2v) is 10.3. The van der Waals surface area contributed by atoms with Crippen molar-refractivity contribution in [1.82, 2.24) is 0 Å². The van der Waals surface area contributed by atoms with Crippen LogP contribution in [0.4, 0.5) is 0 Å². The molecule has 3 aromatic rings. The molecule has 0 spiro atoms. The first-order valence-electron chi connectivity index (χ1n) is 8.75. The van der Waals surface area contributed by atoms with Crippen LogP contribution in [0.1, 0.15) is 26.3 Å². The molecule has 0 aliphatic carbocycles. The van der Waals surface area contributed by atoms with Crippen molar-refractivity contribution in [2.45, 2.75) is 26.2 Å². The van der Waals surface area contributed by atoms with E-state index in [2.05, 4.69) is 57.2 Å². The predicted octanol–water partition coefficient (Wildman–Crippen LogP) is 2.62. The van der Waals surface area contributed by atoms with E-state index in [0.29, 0.717) is 17.2 Å². The van der Waals surface area contributed by atoms with E-state index in [4.69, 9.17) is 9.47 Å². The van der Waals surface area contributed by atoms with Crippen LogP contribution < -0.4 is 30.7 Å². The van der Waals surface area contributed by atoms with Gasteiger partial charge >= 0.3 is 172 Å². The Morgan fingerprint density at radius 1 is 0.778 bits per heavy atom. The molecule has 0 saturated heterocycles. The Morgan fingerprint density at radius 3 is 2.00 bits per heavy atom. The summed E-state index contributed by atoms with van der Waals surface area (Å²) < 4.78 is 14.0. The number of methoxy groups -OCH3 is 1. The van der Waals surface area contributed by atoms with Gasteiger partial charge in [0.05, 0.1) is 0 Å². The summed E-state index contributed by atoms with van der Waals surface area (Å²) in [4.78, 5) is 0. The minimum atomic E-state index is -0.313. The average Bonchev–Trinajstić information content (AvgIpc) is 2.64. The zero-order chi connectivity index (χ0) is 19.4. The summed E-state index contributed by atoms with van der Waals surface area (Å²) in [5, 5.41) is 9.43. The molecule has 0 amide bonds. The fourth-order valence-electron chi connectivity index (χ4n) is 2.57. The van der Waals surface area contributed by atoms with Crippen LogP contribution in [0, 0.1) is 7.14 Å². The van der Waals surface area contributed by atoms with Crippen LogP contribution in [0.3, 0.4) is 0 Å². The molecule has 4 heteroatoms. The molecule has 0 radical (unpaired) electrons. The summed E-state index contributed by atoms with van der Waals surface area (Å²) in [5.41, 5.74) is 1.52. The zero-order valence-corrected chi connectivity index (χ0v) is 18.2. The van der Waals surface area contributed by atoms with Crippen molar-refractivity contribution < 1.29 is 35.8 Å². The molecule has 0 heterocycles. The van der Waals surface area contributed by atoms with Crippen LogP contribution in [-0.2, 0) is 5.41 Å². The van der Waals surface area contributed by atoms with Crippen LogP contribution in [0.25, 0.3) is 0 Å². The zero-order valence-electron chi connectivity index (χ0n) is 16.0.